The molecule has 0 saturated heterocycles. The average Bonchev–Trinajstić information content (AvgIpc) is 2.14. The van der Waals surface area contributed by atoms with Crippen LogP contribution < -0.4 is 11.4 Å². The molecule has 0 aromatic carbocycles. The second kappa shape index (κ2) is 5.48. The molecule has 0 aliphatic heterocycles. The molecule has 0 aliphatic rings. The van der Waals surface area contributed by atoms with Gasteiger partial charge in [0.05, 0.1) is 0 Å². The van der Waals surface area contributed by atoms with Crippen molar-refractivity contribution in [3.8, 4) is 0 Å². The topological polar surface area (TPSA) is 126 Å². The van der Waals surface area contributed by atoms with Crippen LogP contribution in [0.25, 0.3) is 0 Å². The Kier molecular flexibility index (Phi) is 4.27. The first-order valence-corrected chi connectivity index (χ1v) is 5.65. The number of nitrogens with two attached hydrogens (primary N) is 1. The molecule has 1 amide bonds. The molecular formula is C9H11N3O4S. The number of aromatic nitrogens is 2. The minimum Gasteiger partial charge on any atom is -0.478 e. The lowest BCUT2D eigenvalue weighted by molar-refractivity contribution is -0.117. The zero-order valence-corrected chi connectivity index (χ0v) is 9.84. The van der Waals surface area contributed by atoms with E-state index in [9.17, 15) is 14.4 Å². The van der Waals surface area contributed by atoms with Crippen molar-refractivity contribution in [3.05, 3.63) is 21.7 Å². The minimum absolute atomic E-state index is 0.0564. The van der Waals surface area contributed by atoms with Crippen molar-refractivity contribution < 1.29 is 14.7 Å². The van der Waals surface area contributed by atoms with Crippen LogP contribution in [-0.4, -0.2) is 32.7 Å². The first kappa shape index (κ1) is 13.2. The third kappa shape index (κ3) is 3.59. The summed E-state index contributed by atoms with van der Waals surface area (Å²) >= 11 is 1.02. The lowest BCUT2D eigenvalue weighted by Crippen LogP contribution is -2.18. The number of aromatic carboxylic acids is 1. The molecule has 0 atom stereocenters. The molecule has 17 heavy (non-hydrogen) atoms. The molecule has 0 aliphatic carbocycles. The Hall–Kier alpha value is -1.83. The molecule has 92 valence electrons. The van der Waals surface area contributed by atoms with Crippen LogP contribution in [0.2, 0.25) is 0 Å². The van der Waals surface area contributed by atoms with Crippen molar-refractivity contribution in [2.75, 3.05) is 5.75 Å². The summed E-state index contributed by atoms with van der Waals surface area (Å²) in [6.45, 7) is 1.48. The van der Waals surface area contributed by atoms with Crippen molar-refractivity contribution in [1.29, 1.82) is 0 Å². The molecule has 4 N–H and O–H groups in total. The van der Waals surface area contributed by atoms with Gasteiger partial charge >= 0.3 is 11.7 Å². The van der Waals surface area contributed by atoms with Gasteiger partial charge in [0.1, 0.15) is 10.6 Å². The Morgan fingerprint density at radius 1 is 1.53 bits per heavy atom. The number of aromatic amines is 1. The van der Waals surface area contributed by atoms with Gasteiger partial charge in [-0.3, -0.25) is 4.79 Å². The highest BCUT2D eigenvalue weighted by Crippen LogP contribution is 2.21. The SMILES string of the molecule is Cc1[nH]c(=O)nc(SCCC(N)=O)c1C(=O)O. The van der Waals surface area contributed by atoms with Crippen LogP contribution in [0.1, 0.15) is 22.5 Å². The largest absolute Gasteiger partial charge is 0.478 e. The molecule has 1 aromatic rings. The number of primary amides is 1. The van der Waals surface area contributed by atoms with E-state index in [-0.39, 0.29) is 28.5 Å². The van der Waals surface area contributed by atoms with E-state index < -0.39 is 17.6 Å². The molecule has 8 heteroatoms. The number of hydrogen-bond donors (Lipinski definition) is 3. The van der Waals surface area contributed by atoms with Gasteiger partial charge in [0.2, 0.25) is 5.91 Å². The van der Waals surface area contributed by atoms with Gasteiger partial charge in [0.15, 0.2) is 0 Å². The van der Waals surface area contributed by atoms with Crippen molar-refractivity contribution in [2.45, 2.75) is 18.4 Å². The highest BCUT2D eigenvalue weighted by atomic mass is 32.2. The number of H-pyrrole nitrogens is 1. The van der Waals surface area contributed by atoms with Crippen LogP contribution in [0.3, 0.4) is 0 Å². The zero-order valence-electron chi connectivity index (χ0n) is 9.02. The maximum atomic E-state index is 11.1. The predicted molar refractivity (Wildman–Crippen MR) is 61.1 cm³/mol. The second-order valence-corrected chi connectivity index (χ2v) is 4.30. The van der Waals surface area contributed by atoms with E-state index in [1.807, 2.05) is 0 Å². The third-order valence-electron chi connectivity index (χ3n) is 1.89. The molecule has 1 rings (SSSR count). The van der Waals surface area contributed by atoms with E-state index in [0.717, 1.165) is 11.8 Å². The Labute approximate surface area is 100 Å². The Morgan fingerprint density at radius 3 is 2.71 bits per heavy atom. The molecule has 0 spiro atoms. The molecule has 1 heterocycles. The van der Waals surface area contributed by atoms with Crippen LogP contribution >= 0.6 is 11.8 Å². The van der Waals surface area contributed by atoms with E-state index in [1.54, 1.807) is 0 Å². The van der Waals surface area contributed by atoms with E-state index in [2.05, 4.69) is 9.97 Å². The molecule has 0 fully saturated rings. The Bertz CT molecular complexity index is 511. The van der Waals surface area contributed by atoms with Gasteiger partial charge in [-0.15, -0.1) is 11.8 Å². The van der Waals surface area contributed by atoms with Crippen molar-refractivity contribution in [1.82, 2.24) is 9.97 Å². The number of carbonyl (C=O) groups excluding carboxylic acids is 1. The lowest BCUT2D eigenvalue weighted by Gasteiger charge is -2.05. The number of nitrogens with zero attached hydrogens (tertiary/aromatic N) is 1. The second-order valence-electron chi connectivity index (χ2n) is 3.22. The summed E-state index contributed by atoms with van der Waals surface area (Å²) in [5.41, 5.74) is 4.52. The Balaban J connectivity index is 3.00. The van der Waals surface area contributed by atoms with Crippen LogP contribution in [0.5, 0.6) is 0 Å². The number of carboxylic acid groups (broad SMARTS) is 1. The monoisotopic (exact) mass is 257 g/mol. The van der Waals surface area contributed by atoms with E-state index in [4.69, 9.17) is 10.8 Å². The number of aryl methyl sites for hydroxylation is 1. The summed E-state index contributed by atoms with van der Waals surface area (Å²) in [6.07, 6.45) is 0.0945. The first-order chi connectivity index (χ1) is 7.91. The Morgan fingerprint density at radius 2 is 2.18 bits per heavy atom. The van der Waals surface area contributed by atoms with E-state index in [1.165, 1.54) is 6.92 Å². The van der Waals surface area contributed by atoms with Crippen molar-refractivity contribution in [2.24, 2.45) is 5.73 Å². The molecular weight excluding hydrogens is 246 g/mol. The smallest absolute Gasteiger partial charge is 0.346 e. The maximum absolute atomic E-state index is 11.1. The number of thioether (sulfide) groups is 1. The van der Waals surface area contributed by atoms with Gasteiger partial charge in [-0.25, -0.2) is 9.59 Å². The van der Waals surface area contributed by atoms with Crippen LogP contribution in [0.15, 0.2) is 9.82 Å². The van der Waals surface area contributed by atoms with Gasteiger partial charge in [-0.2, -0.15) is 4.98 Å². The summed E-state index contributed by atoms with van der Waals surface area (Å²) in [7, 11) is 0. The fourth-order valence-electron chi connectivity index (χ4n) is 1.16. The quantitative estimate of drug-likeness (QED) is 0.493. The van der Waals surface area contributed by atoms with Crippen LogP contribution in [0.4, 0.5) is 0 Å². The highest BCUT2D eigenvalue weighted by Gasteiger charge is 2.16. The maximum Gasteiger partial charge on any atom is 0.346 e. The highest BCUT2D eigenvalue weighted by molar-refractivity contribution is 7.99. The molecule has 1 aromatic heterocycles. The summed E-state index contributed by atoms with van der Waals surface area (Å²) in [5.74, 6) is -1.38. The van der Waals surface area contributed by atoms with Crippen LogP contribution in [-0.2, 0) is 4.79 Å². The lowest BCUT2D eigenvalue weighted by atomic mass is 10.2. The molecule has 0 radical (unpaired) electrons. The van der Waals surface area contributed by atoms with Crippen LogP contribution in [0, 0.1) is 6.92 Å². The summed E-state index contributed by atoms with van der Waals surface area (Å²) in [6, 6.07) is 0. The predicted octanol–water partition coefficient (Wildman–Crippen LogP) is -0.256. The summed E-state index contributed by atoms with van der Waals surface area (Å²) in [4.78, 5) is 38.5. The van der Waals surface area contributed by atoms with Gasteiger partial charge < -0.3 is 15.8 Å². The minimum atomic E-state index is -1.17. The number of carboxylic acids is 1. The molecule has 0 saturated carbocycles. The van der Waals surface area contributed by atoms with Gasteiger partial charge in [-0.1, -0.05) is 0 Å². The van der Waals surface area contributed by atoms with Gasteiger partial charge in [0.25, 0.3) is 0 Å². The summed E-state index contributed by atoms with van der Waals surface area (Å²) in [5, 5.41) is 9.08. The van der Waals surface area contributed by atoms with Gasteiger partial charge in [0, 0.05) is 17.9 Å². The zero-order chi connectivity index (χ0) is 13.0. The standard InChI is InChI=1S/C9H11N3O4S/c1-4-6(8(14)15)7(12-9(16)11-4)17-3-2-5(10)13/h2-3H2,1H3,(H2,10,13)(H,14,15)(H,11,12,16). The van der Waals surface area contributed by atoms with Crippen molar-refractivity contribution in [3.63, 3.8) is 0 Å². The first-order valence-electron chi connectivity index (χ1n) is 4.67. The van der Waals surface area contributed by atoms with Gasteiger partial charge in [-0.05, 0) is 6.92 Å². The number of carbonyl (C=O) groups is 2. The number of hydrogen-bond acceptors (Lipinski definition) is 5. The van der Waals surface area contributed by atoms with E-state index in [0.29, 0.717) is 0 Å². The fraction of sp³-hybridized carbons (Fsp3) is 0.333. The molecule has 0 unspecified atom stereocenters. The van der Waals surface area contributed by atoms with Crippen molar-refractivity contribution >= 4 is 23.6 Å². The number of rotatable bonds is 5. The fourth-order valence-corrected chi connectivity index (χ4v) is 2.19. The average molecular weight is 257 g/mol. The third-order valence-corrected chi connectivity index (χ3v) is 2.86. The molecule has 7 nitrogen and oxygen atoms in total. The number of nitrogens with one attached hydrogen (secondary N) is 1. The normalized spacial score (nSPS) is 10.2. The van der Waals surface area contributed by atoms with E-state index >= 15 is 0 Å². The summed E-state index contributed by atoms with van der Waals surface area (Å²) < 4.78 is 0. The number of amides is 1. The molecule has 0 bridgehead atoms.